The van der Waals surface area contributed by atoms with E-state index in [1.54, 1.807) is 6.07 Å². The van der Waals surface area contributed by atoms with Gasteiger partial charge in [-0.15, -0.1) is 0 Å². The Kier molecular flexibility index (Phi) is 2.56. The van der Waals surface area contributed by atoms with Gasteiger partial charge in [-0.05, 0) is 17.7 Å². The molecule has 0 amide bonds. The molecule has 2 heteroatoms. The van der Waals surface area contributed by atoms with Crippen molar-refractivity contribution in [3.63, 3.8) is 0 Å². The summed E-state index contributed by atoms with van der Waals surface area (Å²) in [6.07, 6.45) is 2.03. The molecule has 0 aliphatic rings. The third-order valence-electron chi connectivity index (χ3n) is 3.49. The van der Waals surface area contributed by atoms with Crippen molar-refractivity contribution in [1.82, 2.24) is 4.98 Å². The Morgan fingerprint density at radius 1 is 0.944 bits per heavy atom. The molecule has 0 radical (unpaired) electrons. The van der Waals surface area contributed by atoms with Crippen LogP contribution in [0.3, 0.4) is 0 Å². The summed E-state index contributed by atoms with van der Waals surface area (Å²) in [5.41, 5.74) is 3.31. The Labute approximate surface area is 106 Å². The number of para-hydroxylation sites is 2. The normalized spacial score (nSPS) is 12.7. The first kappa shape index (κ1) is 10.9. The smallest absolute Gasteiger partial charge is 0.119 e. The van der Waals surface area contributed by atoms with Crippen LogP contribution in [-0.2, 0) is 0 Å². The van der Waals surface area contributed by atoms with Gasteiger partial charge in [0.05, 0.1) is 0 Å². The number of H-pyrrole nitrogens is 1. The van der Waals surface area contributed by atoms with Gasteiger partial charge in [-0.2, -0.15) is 0 Å². The summed E-state index contributed by atoms with van der Waals surface area (Å²) >= 11 is 0. The van der Waals surface area contributed by atoms with E-state index in [0.29, 0.717) is 5.75 Å². The maximum atomic E-state index is 9.94. The maximum Gasteiger partial charge on any atom is 0.119 e. The van der Waals surface area contributed by atoms with Gasteiger partial charge in [0, 0.05) is 28.6 Å². The van der Waals surface area contributed by atoms with Gasteiger partial charge >= 0.3 is 0 Å². The Hall–Kier alpha value is -2.22. The fraction of sp³-hybridized carbons (Fsp3) is 0.125. The second-order valence-corrected chi connectivity index (χ2v) is 4.57. The monoisotopic (exact) mass is 237 g/mol. The van der Waals surface area contributed by atoms with Crippen LogP contribution in [-0.4, -0.2) is 10.1 Å². The van der Waals surface area contributed by atoms with Crippen LogP contribution in [0, 0.1) is 0 Å². The van der Waals surface area contributed by atoms with Crippen molar-refractivity contribution in [2.24, 2.45) is 0 Å². The van der Waals surface area contributed by atoms with Crippen molar-refractivity contribution < 1.29 is 5.11 Å². The first-order valence-electron chi connectivity index (χ1n) is 6.11. The minimum absolute atomic E-state index is 0.169. The standard InChI is InChI=1S/C16H15NO/c1-11(12-6-3-5-9-16(12)18)14-10-17-15-8-4-2-7-13(14)15/h2-11,17-18H,1H3. The molecule has 1 aromatic heterocycles. The summed E-state index contributed by atoms with van der Waals surface area (Å²) in [5, 5.41) is 11.2. The molecule has 0 aliphatic heterocycles. The second-order valence-electron chi connectivity index (χ2n) is 4.57. The fourth-order valence-electron chi connectivity index (χ4n) is 2.47. The molecule has 3 rings (SSSR count). The van der Waals surface area contributed by atoms with Crippen molar-refractivity contribution in [2.75, 3.05) is 0 Å². The highest BCUT2D eigenvalue weighted by Gasteiger charge is 2.15. The molecule has 0 saturated carbocycles. The summed E-state index contributed by atoms with van der Waals surface area (Å²) in [7, 11) is 0. The van der Waals surface area contributed by atoms with Crippen molar-refractivity contribution >= 4 is 10.9 Å². The number of aromatic amines is 1. The van der Waals surface area contributed by atoms with Crippen molar-refractivity contribution in [2.45, 2.75) is 12.8 Å². The second kappa shape index (κ2) is 4.22. The molecule has 18 heavy (non-hydrogen) atoms. The van der Waals surface area contributed by atoms with E-state index in [2.05, 4.69) is 24.0 Å². The van der Waals surface area contributed by atoms with Crippen molar-refractivity contribution in [3.8, 4) is 5.75 Å². The molecule has 0 aliphatic carbocycles. The molecule has 1 atom stereocenters. The van der Waals surface area contributed by atoms with Crippen LogP contribution in [0.25, 0.3) is 10.9 Å². The number of phenolic OH excluding ortho intramolecular Hbond substituents is 1. The molecule has 1 unspecified atom stereocenters. The number of fused-ring (bicyclic) bond motifs is 1. The van der Waals surface area contributed by atoms with Crippen molar-refractivity contribution in [3.05, 3.63) is 65.9 Å². The van der Waals surface area contributed by atoms with Gasteiger partial charge in [0.1, 0.15) is 5.75 Å². The lowest BCUT2D eigenvalue weighted by Gasteiger charge is -2.12. The lowest BCUT2D eigenvalue weighted by Crippen LogP contribution is -1.95. The molecular weight excluding hydrogens is 222 g/mol. The van der Waals surface area contributed by atoms with Gasteiger partial charge in [-0.1, -0.05) is 43.3 Å². The number of benzene rings is 2. The van der Waals surface area contributed by atoms with Gasteiger partial charge in [0.2, 0.25) is 0 Å². The lowest BCUT2D eigenvalue weighted by molar-refractivity contribution is 0.466. The zero-order valence-corrected chi connectivity index (χ0v) is 10.2. The molecule has 90 valence electrons. The predicted octanol–water partition coefficient (Wildman–Crippen LogP) is 4.03. The largest absolute Gasteiger partial charge is 0.508 e. The number of nitrogens with one attached hydrogen (secondary N) is 1. The van der Waals surface area contributed by atoms with E-state index in [4.69, 9.17) is 0 Å². The van der Waals surface area contributed by atoms with E-state index in [9.17, 15) is 5.11 Å². The Morgan fingerprint density at radius 2 is 1.67 bits per heavy atom. The number of hydrogen-bond acceptors (Lipinski definition) is 1. The third kappa shape index (κ3) is 1.66. The number of rotatable bonds is 2. The zero-order valence-electron chi connectivity index (χ0n) is 10.2. The van der Waals surface area contributed by atoms with Crippen molar-refractivity contribution in [1.29, 1.82) is 0 Å². The van der Waals surface area contributed by atoms with Gasteiger partial charge < -0.3 is 10.1 Å². The number of phenols is 1. The summed E-state index contributed by atoms with van der Waals surface area (Å²) in [4.78, 5) is 3.28. The van der Waals surface area contributed by atoms with E-state index in [-0.39, 0.29) is 5.92 Å². The van der Waals surface area contributed by atoms with Gasteiger partial charge in [-0.25, -0.2) is 0 Å². The minimum atomic E-state index is 0.169. The van der Waals surface area contributed by atoms with Gasteiger partial charge in [-0.3, -0.25) is 0 Å². The molecule has 3 aromatic rings. The number of aromatic nitrogens is 1. The predicted molar refractivity (Wildman–Crippen MR) is 73.9 cm³/mol. The first-order valence-corrected chi connectivity index (χ1v) is 6.11. The van der Waals surface area contributed by atoms with Crippen LogP contribution >= 0.6 is 0 Å². The van der Waals surface area contributed by atoms with Gasteiger partial charge in [0.15, 0.2) is 0 Å². The van der Waals surface area contributed by atoms with E-state index in [1.807, 2.05) is 36.5 Å². The summed E-state index contributed by atoms with van der Waals surface area (Å²) in [5.74, 6) is 0.526. The summed E-state index contributed by atoms with van der Waals surface area (Å²) in [6.45, 7) is 2.12. The highest BCUT2D eigenvalue weighted by molar-refractivity contribution is 5.84. The fourth-order valence-corrected chi connectivity index (χ4v) is 2.47. The molecule has 0 saturated heterocycles. The molecular formula is C16H15NO. The van der Waals surface area contributed by atoms with Crippen LogP contribution in [0.1, 0.15) is 24.0 Å². The highest BCUT2D eigenvalue weighted by atomic mass is 16.3. The first-order chi connectivity index (χ1) is 8.77. The van der Waals surface area contributed by atoms with Crippen LogP contribution < -0.4 is 0 Å². The Balaban J connectivity index is 2.13. The van der Waals surface area contributed by atoms with E-state index >= 15 is 0 Å². The Morgan fingerprint density at radius 3 is 2.50 bits per heavy atom. The average Bonchev–Trinajstić information content (AvgIpc) is 2.82. The van der Waals surface area contributed by atoms with E-state index in [0.717, 1.165) is 11.1 Å². The molecule has 2 N–H and O–H groups in total. The van der Waals surface area contributed by atoms with Crippen LogP contribution in [0.2, 0.25) is 0 Å². The summed E-state index contributed by atoms with van der Waals surface area (Å²) < 4.78 is 0. The van der Waals surface area contributed by atoms with Crippen LogP contribution in [0.5, 0.6) is 5.75 Å². The molecule has 0 bridgehead atoms. The SMILES string of the molecule is CC(c1ccccc1O)c1c[nH]c2ccccc12. The van der Waals surface area contributed by atoms with Crippen LogP contribution in [0.15, 0.2) is 54.7 Å². The summed E-state index contributed by atoms with van der Waals surface area (Å²) in [6, 6.07) is 15.8. The molecule has 2 nitrogen and oxygen atoms in total. The Bertz CT molecular complexity index is 684. The van der Waals surface area contributed by atoms with E-state index in [1.165, 1.54) is 10.9 Å². The lowest BCUT2D eigenvalue weighted by atomic mass is 9.92. The zero-order chi connectivity index (χ0) is 12.5. The molecule has 2 aromatic carbocycles. The number of hydrogen-bond donors (Lipinski definition) is 2. The van der Waals surface area contributed by atoms with Gasteiger partial charge in [0.25, 0.3) is 0 Å². The quantitative estimate of drug-likeness (QED) is 0.693. The molecule has 0 spiro atoms. The third-order valence-corrected chi connectivity index (χ3v) is 3.49. The minimum Gasteiger partial charge on any atom is -0.508 e. The average molecular weight is 237 g/mol. The highest BCUT2D eigenvalue weighted by Crippen LogP contribution is 2.34. The topological polar surface area (TPSA) is 36.0 Å². The molecule has 1 heterocycles. The number of aromatic hydroxyl groups is 1. The van der Waals surface area contributed by atoms with Crippen LogP contribution in [0.4, 0.5) is 0 Å². The molecule has 0 fully saturated rings. The van der Waals surface area contributed by atoms with E-state index < -0.39 is 0 Å². The maximum absolute atomic E-state index is 9.94.